The van der Waals surface area contributed by atoms with Crippen molar-refractivity contribution in [1.29, 1.82) is 5.26 Å². The van der Waals surface area contributed by atoms with Gasteiger partial charge in [0, 0.05) is 69.0 Å². The van der Waals surface area contributed by atoms with Crippen molar-refractivity contribution in [2.45, 2.75) is 19.1 Å². The number of fused-ring (bicyclic) bond motifs is 5. The summed E-state index contributed by atoms with van der Waals surface area (Å²) in [5.74, 6) is 1.22. The summed E-state index contributed by atoms with van der Waals surface area (Å²) >= 11 is 0. The molecule has 37 heavy (non-hydrogen) atoms. The van der Waals surface area contributed by atoms with Crippen molar-refractivity contribution >= 4 is 11.6 Å². The smallest absolute Gasteiger partial charge is 0.227 e. The van der Waals surface area contributed by atoms with Gasteiger partial charge < -0.3 is 9.47 Å². The fraction of sp³-hybridized carbons (Fsp3) is 0.276. The Kier molecular flexibility index (Phi) is 5.01. The molecule has 184 valence electrons. The summed E-state index contributed by atoms with van der Waals surface area (Å²) in [6.45, 7) is 3.06. The van der Waals surface area contributed by atoms with Gasteiger partial charge in [-0.1, -0.05) is 12.1 Å². The quantitative estimate of drug-likeness (QED) is 0.376. The number of hydrogen-bond donors (Lipinski definition) is 0. The Morgan fingerprint density at radius 3 is 2.68 bits per heavy atom. The predicted molar refractivity (Wildman–Crippen MR) is 138 cm³/mol. The lowest BCUT2D eigenvalue weighted by atomic mass is 10.1. The van der Waals surface area contributed by atoms with Crippen LogP contribution in [0.25, 0.3) is 28.3 Å². The number of rotatable bonds is 4. The van der Waals surface area contributed by atoms with Crippen molar-refractivity contribution in [1.82, 2.24) is 19.0 Å². The second-order valence-electron chi connectivity index (χ2n) is 10.3. The van der Waals surface area contributed by atoms with Gasteiger partial charge in [0.15, 0.2) is 5.82 Å². The monoisotopic (exact) mass is 492 g/mol. The minimum Gasteiger partial charge on any atom is -0.340 e. The maximum absolute atomic E-state index is 13.2. The van der Waals surface area contributed by atoms with E-state index in [-0.39, 0.29) is 11.8 Å². The van der Waals surface area contributed by atoms with E-state index in [1.165, 1.54) is 0 Å². The summed E-state index contributed by atoms with van der Waals surface area (Å²) in [6.07, 6.45) is 5.69. The van der Waals surface area contributed by atoms with Crippen LogP contribution in [0.2, 0.25) is 0 Å². The van der Waals surface area contributed by atoms with Gasteiger partial charge in [0.1, 0.15) is 6.17 Å². The van der Waals surface area contributed by atoms with E-state index in [1.54, 1.807) is 0 Å². The SMILES string of the molecule is N#Cc1ccc(-c2cc3n(c2)Cc2cc(N4C[C@@H](CN5CC(F)C5)CC4=O)ccc2-n2ccnc2-3)cc1. The molecule has 0 saturated carbocycles. The van der Waals surface area contributed by atoms with Gasteiger partial charge in [-0.3, -0.25) is 14.3 Å². The number of benzene rings is 2. The highest BCUT2D eigenvalue weighted by Crippen LogP contribution is 2.36. The third kappa shape index (κ3) is 3.74. The van der Waals surface area contributed by atoms with Crippen molar-refractivity contribution in [3.05, 3.63) is 78.2 Å². The zero-order chi connectivity index (χ0) is 25.1. The lowest BCUT2D eigenvalue weighted by molar-refractivity contribution is -0.117. The minimum atomic E-state index is -0.720. The Morgan fingerprint density at radius 2 is 1.89 bits per heavy atom. The Hall–Kier alpha value is -4.22. The van der Waals surface area contributed by atoms with E-state index in [0.29, 0.717) is 38.2 Å². The Balaban J connectivity index is 1.21. The molecule has 7 rings (SSSR count). The molecule has 0 unspecified atom stereocenters. The zero-order valence-electron chi connectivity index (χ0n) is 20.2. The van der Waals surface area contributed by atoms with Crippen LogP contribution >= 0.6 is 0 Å². The van der Waals surface area contributed by atoms with Gasteiger partial charge in [-0.05, 0) is 53.4 Å². The van der Waals surface area contributed by atoms with Crippen LogP contribution in [0.1, 0.15) is 17.5 Å². The van der Waals surface area contributed by atoms with Crippen molar-refractivity contribution in [2.75, 3.05) is 31.1 Å². The molecule has 7 nitrogen and oxygen atoms in total. The first kappa shape index (κ1) is 22.0. The Bertz CT molecular complexity index is 1560. The molecule has 2 saturated heterocycles. The van der Waals surface area contributed by atoms with E-state index in [2.05, 4.69) is 49.5 Å². The highest BCUT2D eigenvalue weighted by molar-refractivity contribution is 5.96. The molecule has 3 aliphatic heterocycles. The molecular formula is C29H25FN6O. The van der Waals surface area contributed by atoms with Gasteiger partial charge >= 0.3 is 0 Å². The molecule has 0 N–H and O–H groups in total. The number of anilines is 1. The first-order valence-electron chi connectivity index (χ1n) is 12.6. The van der Waals surface area contributed by atoms with E-state index in [4.69, 9.17) is 5.26 Å². The average molecular weight is 493 g/mol. The second kappa shape index (κ2) is 8.43. The van der Waals surface area contributed by atoms with Gasteiger partial charge in [0.25, 0.3) is 0 Å². The number of alkyl halides is 1. The summed E-state index contributed by atoms with van der Waals surface area (Å²) in [5.41, 5.74) is 6.82. The Morgan fingerprint density at radius 1 is 1.05 bits per heavy atom. The number of nitriles is 1. The summed E-state index contributed by atoms with van der Waals surface area (Å²) in [7, 11) is 0. The molecule has 0 radical (unpaired) electrons. The summed E-state index contributed by atoms with van der Waals surface area (Å²) < 4.78 is 17.5. The van der Waals surface area contributed by atoms with Gasteiger partial charge in [-0.2, -0.15) is 5.26 Å². The number of nitrogens with zero attached hydrogens (tertiary/aromatic N) is 6. The molecule has 0 spiro atoms. The first-order chi connectivity index (χ1) is 18.1. The number of halogens is 1. The third-order valence-electron chi connectivity index (χ3n) is 7.72. The molecule has 2 fully saturated rings. The molecule has 5 heterocycles. The average Bonchev–Trinajstić information content (AvgIpc) is 3.60. The molecule has 1 amide bonds. The maximum atomic E-state index is 13.2. The largest absolute Gasteiger partial charge is 0.340 e. The van der Waals surface area contributed by atoms with Crippen LogP contribution in [0.15, 0.2) is 67.1 Å². The lowest BCUT2D eigenvalue weighted by Crippen LogP contribution is -2.50. The molecule has 4 aromatic rings. The number of amides is 1. The summed E-state index contributed by atoms with van der Waals surface area (Å²) in [4.78, 5) is 21.6. The highest BCUT2D eigenvalue weighted by Gasteiger charge is 2.35. The summed E-state index contributed by atoms with van der Waals surface area (Å²) in [6, 6.07) is 18.1. The van der Waals surface area contributed by atoms with Crippen molar-refractivity contribution in [2.24, 2.45) is 5.92 Å². The topological polar surface area (TPSA) is 70.1 Å². The summed E-state index contributed by atoms with van der Waals surface area (Å²) in [5, 5.41) is 9.13. The Labute approximate surface area is 214 Å². The van der Waals surface area contributed by atoms with Crippen LogP contribution in [-0.4, -0.2) is 57.3 Å². The number of aromatic nitrogens is 3. The number of likely N-dealkylation sites (tertiary alicyclic amines) is 1. The molecule has 3 aliphatic rings. The van der Waals surface area contributed by atoms with Crippen LogP contribution in [0.5, 0.6) is 0 Å². The molecule has 1 atom stereocenters. The lowest BCUT2D eigenvalue weighted by Gasteiger charge is -2.35. The number of imidazole rings is 1. The molecule has 0 aliphatic carbocycles. The number of hydrogen-bond acceptors (Lipinski definition) is 4. The molecule has 2 aromatic carbocycles. The number of carbonyl (C=O) groups is 1. The van der Waals surface area contributed by atoms with E-state index in [0.717, 1.165) is 46.1 Å². The van der Waals surface area contributed by atoms with Crippen LogP contribution in [0.4, 0.5) is 10.1 Å². The van der Waals surface area contributed by atoms with Crippen molar-refractivity contribution in [3.63, 3.8) is 0 Å². The second-order valence-corrected chi connectivity index (χ2v) is 10.3. The van der Waals surface area contributed by atoms with E-state index >= 15 is 0 Å². The van der Waals surface area contributed by atoms with Crippen LogP contribution < -0.4 is 4.90 Å². The van der Waals surface area contributed by atoms with E-state index in [1.807, 2.05) is 47.6 Å². The minimum absolute atomic E-state index is 0.129. The highest BCUT2D eigenvalue weighted by atomic mass is 19.1. The molecule has 8 heteroatoms. The third-order valence-corrected chi connectivity index (χ3v) is 7.72. The van der Waals surface area contributed by atoms with Gasteiger partial charge in [0.2, 0.25) is 5.91 Å². The van der Waals surface area contributed by atoms with Crippen LogP contribution in [0, 0.1) is 17.2 Å². The van der Waals surface area contributed by atoms with Crippen LogP contribution in [0.3, 0.4) is 0 Å². The van der Waals surface area contributed by atoms with Crippen LogP contribution in [-0.2, 0) is 11.3 Å². The fourth-order valence-electron chi connectivity index (χ4n) is 5.87. The maximum Gasteiger partial charge on any atom is 0.227 e. The van der Waals surface area contributed by atoms with Gasteiger partial charge in [0.05, 0.1) is 23.0 Å². The van der Waals surface area contributed by atoms with Gasteiger partial charge in [-0.25, -0.2) is 9.37 Å². The van der Waals surface area contributed by atoms with Gasteiger partial charge in [-0.15, -0.1) is 0 Å². The van der Waals surface area contributed by atoms with Crippen molar-refractivity contribution in [3.8, 4) is 34.4 Å². The standard InChI is InChI=1S/C29H25FN6O/c30-24-17-33(18-24)13-20-9-28(37)36(14-20)25-5-6-26-23(10-25)16-34-15-22(21-3-1-19(12-31)2-4-21)11-27(34)29-32-7-8-35(26)29/h1-8,10-11,15,20,24H,9,13-14,16-18H2/t20-/m1/s1. The molecular weight excluding hydrogens is 467 g/mol. The zero-order valence-corrected chi connectivity index (χ0v) is 20.2. The normalized spacial score (nSPS) is 19.1. The van der Waals surface area contributed by atoms with E-state index in [9.17, 15) is 9.18 Å². The number of carbonyl (C=O) groups excluding carboxylic acids is 1. The van der Waals surface area contributed by atoms with Crippen molar-refractivity contribution < 1.29 is 9.18 Å². The molecule has 0 bridgehead atoms. The molecule has 2 aromatic heterocycles. The fourth-order valence-corrected chi connectivity index (χ4v) is 5.87. The predicted octanol–water partition coefficient (Wildman–Crippen LogP) is 4.25. The van der Waals surface area contributed by atoms with E-state index < -0.39 is 6.17 Å². The first-order valence-corrected chi connectivity index (χ1v) is 12.6.